The summed E-state index contributed by atoms with van der Waals surface area (Å²) in [6.07, 6.45) is 7.40. The van der Waals surface area contributed by atoms with E-state index in [1.165, 1.54) is 11.1 Å². The van der Waals surface area contributed by atoms with Gasteiger partial charge in [0.15, 0.2) is 0 Å². The van der Waals surface area contributed by atoms with Crippen LogP contribution in [0.25, 0.3) is 17.0 Å². The summed E-state index contributed by atoms with van der Waals surface area (Å²) >= 11 is 6.26. The largest absolute Gasteiger partial charge is 0.506 e. The minimum atomic E-state index is 0. The Morgan fingerprint density at radius 1 is 1.04 bits per heavy atom. The van der Waals surface area contributed by atoms with Crippen LogP contribution in [-0.4, -0.2) is 28.1 Å². The van der Waals surface area contributed by atoms with Crippen molar-refractivity contribution in [1.82, 2.24) is 9.88 Å². The molecule has 0 fully saturated rings. The highest BCUT2D eigenvalue weighted by molar-refractivity contribution is 6.31. The number of aromatic nitrogens is 1. The minimum Gasteiger partial charge on any atom is -0.506 e. The first kappa shape index (κ1) is 20.4. The summed E-state index contributed by atoms with van der Waals surface area (Å²) in [5.41, 5.74) is 3.97. The number of phenols is 1. The van der Waals surface area contributed by atoms with Gasteiger partial charge in [-0.2, -0.15) is 0 Å². The molecule has 28 heavy (non-hydrogen) atoms. The second-order valence-electron chi connectivity index (χ2n) is 6.77. The fourth-order valence-electron chi connectivity index (χ4n) is 3.32. The lowest BCUT2D eigenvalue weighted by Crippen LogP contribution is -2.28. The maximum Gasteiger partial charge on any atom is 0.141 e. The van der Waals surface area contributed by atoms with Gasteiger partial charge in [0.1, 0.15) is 11.3 Å². The van der Waals surface area contributed by atoms with E-state index >= 15 is 0 Å². The second-order valence-corrected chi connectivity index (χ2v) is 7.18. The molecular weight excluding hydrogens is 391 g/mol. The maximum absolute atomic E-state index is 9.97. The minimum absolute atomic E-state index is 0. The first-order chi connectivity index (χ1) is 13.2. The molecule has 5 heteroatoms. The monoisotopic (exact) mass is 412 g/mol. The van der Waals surface area contributed by atoms with Gasteiger partial charge < -0.3 is 5.11 Å². The normalized spacial score (nSPS) is 14.8. The van der Waals surface area contributed by atoms with Crippen molar-refractivity contribution in [2.75, 3.05) is 13.1 Å². The van der Waals surface area contributed by atoms with Crippen molar-refractivity contribution in [2.45, 2.75) is 13.0 Å². The number of allylic oxidation sites excluding steroid dienone is 1. The molecule has 1 aromatic heterocycles. The molecule has 0 bridgehead atoms. The van der Waals surface area contributed by atoms with E-state index in [4.69, 9.17) is 11.6 Å². The third-order valence-corrected chi connectivity index (χ3v) is 5.24. The predicted molar refractivity (Wildman–Crippen MR) is 119 cm³/mol. The molecule has 0 radical (unpaired) electrons. The lowest BCUT2D eigenvalue weighted by atomic mass is 10.1. The average molecular weight is 413 g/mol. The fourth-order valence-corrected chi connectivity index (χ4v) is 3.52. The summed E-state index contributed by atoms with van der Waals surface area (Å²) in [5, 5.41) is 11.7. The van der Waals surface area contributed by atoms with Crippen LogP contribution in [0.4, 0.5) is 0 Å². The highest BCUT2D eigenvalue weighted by atomic mass is 35.5. The fraction of sp³-hybridized carbons (Fsp3) is 0.174. The molecule has 144 valence electrons. The van der Waals surface area contributed by atoms with Gasteiger partial charge in [-0.05, 0) is 41.8 Å². The summed E-state index contributed by atoms with van der Waals surface area (Å²) in [4.78, 5) is 6.94. The summed E-state index contributed by atoms with van der Waals surface area (Å²) in [7, 11) is 0. The molecule has 2 aromatic carbocycles. The first-order valence-electron chi connectivity index (χ1n) is 9.11. The smallest absolute Gasteiger partial charge is 0.141 e. The Hall–Kier alpha value is -2.33. The Morgan fingerprint density at radius 3 is 2.68 bits per heavy atom. The Balaban J connectivity index is 0.00000225. The van der Waals surface area contributed by atoms with E-state index in [1.54, 1.807) is 6.07 Å². The van der Waals surface area contributed by atoms with E-state index in [-0.39, 0.29) is 18.2 Å². The molecule has 1 aliphatic rings. The van der Waals surface area contributed by atoms with Gasteiger partial charge >= 0.3 is 0 Å². The van der Waals surface area contributed by atoms with Gasteiger partial charge in [-0.25, -0.2) is 4.98 Å². The van der Waals surface area contributed by atoms with Gasteiger partial charge in [0, 0.05) is 30.0 Å². The number of para-hydroxylation sites is 1. The molecule has 3 aromatic rings. The molecule has 0 aliphatic carbocycles. The van der Waals surface area contributed by atoms with E-state index in [9.17, 15) is 5.11 Å². The van der Waals surface area contributed by atoms with Crippen molar-refractivity contribution in [3.05, 3.63) is 88.6 Å². The average Bonchev–Trinajstić information content (AvgIpc) is 2.70. The summed E-state index contributed by atoms with van der Waals surface area (Å²) in [6.45, 7) is 2.79. The number of aromatic hydroxyl groups is 1. The molecule has 0 amide bonds. The van der Waals surface area contributed by atoms with Crippen LogP contribution in [0.15, 0.2) is 72.3 Å². The number of benzene rings is 2. The Morgan fingerprint density at radius 2 is 1.89 bits per heavy atom. The SMILES string of the molecule is Cl.Oc1cccc2ccc(/C=C/C3=CCN(Cc4ccccc4Cl)CC3)nc12. The van der Waals surface area contributed by atoms with E-state index in [0.29, 0.717) is 5.52 Å². The van der Waals surface area contributed by atoms with Crippen LogP contribution in [0.5, 0.6) is 5.75 Å². The van der Waals surface area contributed by atoms with E-state index in [0.717, 1.165) is 42.2 Å². The standard InChI is InChI=1S/C23H21ClN2O.ClH/c24-21-6-2-1-4-19(21)16-26-14-12-17(13-15-26)8-10-20-11-9-18-5-3-7-22(27)23(18)25-20;/h1-12,27H,13-16H2;1H/b10-8+;. The Bertz CT molecular complexity index is 1030. The van der Waals surface area contributed by atoms with Crippen LogP contribution in [0.1, 0.15) is 17.7 Å². The molecule has 1 N–H and O–H groups in total. The molecule has 0 atom stereocenters. The number of nitrogens with zero attached hydrogens (tertiary/aromatic N) is 2. The summed E-state index contributed by atoms with van der Waals surface area (Å²) in [6, 6.07) is 17.4. The van der Waals surface area contributed by atoms with Gasteiger partial charge in [-0.1, -0.05) is 60.2 Å². The molecule has 2 heterocycles. The highest BCUT2D eigenvalue weighted by Gasteiger charge is 2.12. The Kier molecular flexibility index (Phi) is 6.74. The van der Waals surface area contributed by atoms with Gasteiger partial charge in [0.25, 0.3) is 0 Å². The van der Waals surface area contributed by atoms with Gasteiger partial charge in [-0.15, -0.1) is 12.4 Å². The third kappa shape index (κ3) is 4.74. The second kappa shape index (κ2) is 9.24. The zero-order chi connectivity index (χ0) is 18.6. The van der Waals surface area contributed by atoms with Gasteiger partial charge in [0.05, 0.1) is 5.69 Å². The molecule has 0 spiro atoms. The lowest BCUT2D eigenvalue weighted by molar-refractivity contribution is 0.287. The molecule has 0 unspecified atom stereocenters. The number of phenolic OH excluding ortho intramolecular Hbond substituents is 1. The van der Waals surface area contributed by atoms with E-state index < -0.39 is 0 Å². The van der Waals surface area contributed by atoms with E-state index in [1.807, 2.05) is 48.5 Å². The number of rotatable bonds is 4. The maximum atomic E-state index is 9.97. The predicted octanol–water partition coefficient (Wildman–Crippen LogP) is 5.86. The van der Waals surface area contributed by atoms with Crippen LogP contribution < -0.4 is 0 Å². The summed E-state index contributed by atoms with van der Waals surface area (Å²) in [5.74, 6) is 0.217. The van der Waals surface area contributed by atoms with Crippen LogP contribution in [0.2, 0.25) is 5.02 Å². The van der Waals surface area contributed by atoms with Crippen molar-refractivity contribution in [2.24, 2.45) is 0 Å². The van der Waals surface area contributed by atoms with Gasteiger partial charge in [-0.3, -0.25) is 4.90 Å². The van der Waals surface area contributed by atoms with Crippen LogP contribution >= 0.6 is 24.0 Å². The molecular formula is C23H22Cl2N2O. The number of halogens is 2. The molecule has 1 aliphatic heterocycles. The number of fused-ring (bicyclic) bond motifs is 1. The molecule has 4 rings (SSSR count). The number of pyridine rings is 1. The topological polar surface area (TPSA) is 36.4 Å². The molecule has 3 nitrogen and oxygen atoms in total. The Labute approximate surface area is 176 Å². The first-order valence-corrected chi connectivity index (χ1v) is 9.48. The van der Waals surface area contributed by atoms with Gasteiger partial charge in [0.2, 0.25) is 0 Å². The molecule has 0 saturated heterocycles. The van der Waals surface area contributed by atoms with Crippen LogP contribution in [0, 0.1) is 0 Å². The van der Waals surface area contributed by atoms with E-state index in [2.05, 4.69) is 28.1 Å². The van der Waals surface area contributed by atoms with Crippen LogP contribution in [0.3, 0.4) is 0 Å². The quantitative estimate of drug-likeness (QED) is 0.582. The van der Waals surface area contributed by atoms with Crippen molar-refractivity contribution >= 4 is 41.0 Å². The lowest BCUT2D eigenvalue weighted by Gasteiger charge is -2.25. The number of hydrogen-bond acceptors (Lipinski definition) is 3. The van der Waals surface area contributed by atoms with Crippen molar-refractivity contribution in [3.63, 3.8) is 0 Å². The van der Waals surface area contributed by atoms with Crippen LogP contribution in [-0.2, 0) is 6.54 Å². The summed E-state index contributed by atoms with van der Waals surface area (Å²) < 4.78 is 0. The molecule has 0 saturated carbocycles. The van der Waals surface area contributed by atoms with Crippen molar-refractivity contribution in [1.29, 1.82) is 0 Å². The zero-order valence-corrected chi connectivity index (χ0v) is 17.0. The third-order valence-electron chi connectivity index (χ3n) is 4.87. The van der Waals surface area contributed by atoms with Crippen molar-refractivity contribution in [3.8, 4) is 5.75 Å². The number of hydrogen-bond donors (Lipinski definition) is 1. The van der Waals surface area contributed by atoms with Crippen molar-refractivity contribution < 1.29 is 5.11 Å². The zero-order valence-electron chi connectivity index (χ0n) is 15.4. The highest BCUT2D eigenvalue weighted by Crippen LogP contribution is 2.23.